The zero-order chi connectivity index (χ0) is 9.14. The molecule has 0 spiro atoms. The number of nitrogens with two attached hydrogens (primary N) is 1. The Labute approximate surface area is 73.9 Å². The molecule has 1 rings (SSSR count). The summed E-state index contributed by atoms with van der Waals surface area (Å²) in [5.74, 6) is 0.905. The van der Waals surface area contributed by atoms with Gasteiger partial charge in [0.05, 0.1) is 0 Å². The van der Waals surface area contributed by atoms with E-state index in [1.54, 1.807) is 0 Å². The summed E-state index contributed by atoms with van der Waals surface area (Å²) in [5.41, 5.74) is 5.52. The highest BCUT2D eigenvalue weighted by molar-refractivity contribution is 5.77. The van der Waals surface area contributed by atoms with Crippen molar-refractivity contribution < 1.29 is 4.79 Å². The molecule has 70 valence electrons. The van der Waals surface area contributed by atoms with E-state index in [0.717, 1.165) is 13.0 Å². The summed E-state index contributed by atoms with van der Waals surface area (Å²) in [7, 11) is 0. The molecular formula is C9H18N2O. The van der Waals surface area contributed by atoms with Crippen LogP contribution >= 0.6 is 0 Å². The molecule has 0 aliphatic carbocycles. The molecule has 0 bridgehead atoms. The van der Waals surface area contributed by atoms with E-state index in [9.17, 15) is 4.79 Å². The maximum Gasteiger partial charge on any atom is 0.222 e. The number of amides is 1. The molecular weight excluding hydrogens is 152 g/mol. The van der Waals surface area contributed by atoms with E-state index in [0.29, 0.717) is 18.9 Å². The van der Waals surface area contributed by atoms with E-state index >= 15 is 0 Å². The fourth-order valence-electron chi connectivity index (χ4n) is 1.60. The summed E-state index contributed by atoms with van der Waals surface area (Å²) in [6.45, 7) is 5.65. The van der Waals surface area contributed by atoms with Gasteiger partial charge in [0.2, 0.25) is 5.91 Å². The van der Waals surface area contributed by atoms with Crippen molar-refractivity contribution in [3.05, 3.63) is 0 Å². The van der Waals surface area contributed by atoms with Gasteiger partial charge in [-0.2, -0.15) is 0 Å². The predicted octanol–water partition coefficient (Wildman–Crippen LogP) is 0.592. The number of carbonyl (C=O) groups is 1. The molecule has 0 aromatic rings. The Balaban J connectivity index is 2.54. The van der Waals surface area contributed by atoms with Gasteiger partial charge in [-0.15, -0.1) is 0 Å². The average molecular weight is 170 g/mol. The van der Waals surface area contributed by atoms with Crippen LogP contribution in [0.15, 0.2) is 0 Å². The fraction of sp³-hybridized carbons (Fsp3) is 0.889. The minimum absolute atomic E-state index is 0.209. The SMILES string of the molecule is CC1CCC(=O)N(C(C)CN)C1. The van der Waals surface area contributed by atoms with E-state index in [1.807, 2.05) is 11.8 Å². The lowest BCUT2D eigenvalue weighted by Crippen LogP contribution is -2.47. The molecule has 3 heteroatoms. The smallest absolute Gasteiger partial charge is 0.222 e. The summed E-state index contributed by atoms with van der Waals surface area (Å²) in [6, 6.07) is 0.209. The molecule has 1 fully saturated rings. The minimum atomic E-state index is 0.209. The van der Waals surface area contributed by atoms with Gasteiger partial charge in [-0.3, -0.25) is 4.79 Å². The Kier molecular flexibility index (Phi) is 3.09. The maximum atomic E-state index is 11.4. The van der Waals surface area contributed by atoms with Crippen LogP contribution in [-0.4, -0.2) is 29.9 Å². The molecule has 1 amide bonds. The second-order valence-corrected chi connectivity index (χ2v) is 3.77. The van der Waals surface area contributed by atoms with Crippen LogP contribution in [0.25, 0.3) is 0 Å². The van der Waals surface area contributed by atoms with E-state index in [1.165, 1.54) is 0 Å². The lowest BCUT2D eigenvalue weighted by Gasteiger charge is -2.35. The zero-order valence-corrected chi connectivity index (χ0v) is 7.92. The van der Waals surface area contributed by atoms with Gasteiger partial charge in [-0.1, -0.05) is 6.92 Å². The second kappa shape index (κ2) is 3.90. The summed E-state index contributed by atoms with van der Waals surface area (Å²) in [5, 5.41) is 0. The molecule has 0 aromatic carbocycles. The van der Waals surface area contributed by atoms with Gasteiger partial charge in [-0.05, 0) is 19.3 Å². The predicted molar refractivity (Wildman–Crippen MR) is 48.6 cm³/mol. The highest BCUT2D eigenvalue weighted by Gasteiger charge is 2.25. The number of hydrogen-bond donors (Lipinski definition) is 1. The molecule has 1 heterocycles. The van der Waals surface area contributed by atoms with Crippen LogP contribution in [-0.2, 0) is 4.79 Å². The number of carbonyl (C=O) groups excluding carboxylic acids is 1. The molecule has 2 atom stereocenters. The Morgan fingerprint density at radius 3 is 3.00 bits per heavy atom. The van der Waals surface area contributed by atoms with Crippen LogP contribution < -0.4 is 5.73 Å². The number of rotatable bonds is 2. The van der Waals surface area contributed by atoms with Crippen molar-refractivity contribution in [1.29, 1.82) is 0 Å². The molecule has 0 aromatic heterocycles. The number of likely N-dealkylation sites (tertiary alicyclic amines) is 1. The van der Waals surface area contributed by atoms with Gasteiger partial charge in [-0.25, -0.2) is 0 Å². The zero-order valence-electron chi connectivity index (χ0n) is 7.92. The Hall–Kier alpha value is -0.570. The van der Waals surface area contributed by atoms with Crippen molar-refractivity contribution in [2.24, 2.45) is 11.7 Å². The van der Waals surface area contributed by atoms with Crippen molar-refractivity contribution >= 4 is 5.91 Å². The first-order chi connectivity index (χ1) is 5.65. The van der Waals surface area contributed by atoms with Gasteiger partial charge >= 0.3 is 0 Å². The number of nitrogens with zero attached hydrogens (tertiary/aromatic N) is 1. The molecule has 0 saturated carbocycles. The summed E-state index contributed by atoms with van der Waals surface area (Å²) >= 11 is 0. The van der Waals surface area contributed by atoms with Crippen LogP contribution in [0.3, 0.4) is 0 Å². The van der Waals surface area contributed by atoms with E-state index in [-0.39, 0.29) is 11.9 Å². The molecule has 2 unspecified atom stereocenters. The van der Waals surface area contributed by atoms with Gasteiger partial charge in [0.15, 0.2) is 0 Å². The average Bonchev–Trinajstić information content (AvgIpc) is 2.08. The van der Waals surface area contributed by atoms with Crippen LogP contribution in [0.2, 0.25) is 0 Å². The molecule has 1 aliphatic rings. The second-order valence-electron chi connectivity index (χ2n) is 3.77. The first-order valence-electron chi connectivity index (χ1n) is 4.64. The molecule has 12 heavy (non-hydrogen) atoms. The number of hydrogen-bond acceptors (Lipinski definition) is 2. The monoisotopic (exact) mass is 170 g/mol. The van der Waals surface area contributed by atoms with E-state index in [2.05, 4.69) is 6.92 Å². The lowest BCUT2D eigenvalue weighted by molar-refractivity contribution is -0.136. The third-order valence-corrected chi connectivity index (χ3v) is 2.55. The third-order valence-electron chi connectivity index (χ3n) is 2.55. The topological polar surface area (TPSA) is 46.3 Å². The Morgan fingerprint density at radius 1 is 1.75 bits per heavy atom. The number of piperidine rings is 1. The summed E-state index contributed by atoms with van der Waals surface area (Å²) < 4.78 is 0. The molecule has 1 aliphatic heterocycles. The van der Waals surface area contributed by atoms with Crippen molar-refractivity contribution in [3.63, 3.8) is 0 Å². The minimum Gasteiger partial charge on any atom is -0.338 e. The highest BCUT2D eigenvalue weighted by Crippen LogP contribution is 2.18. The first-order valence-corrected chi connectivity index (χ1v) is 4.64. The molecule has 0 radical (unpaired) electrons. The van der Waals surface area contributed by atoms with Gasteiger partial charge < -0.3 is 10.6 Å². The summed E-state index contributed by atoms with van der Waals surface area (Å²) in [6.07, 6.45) is 1.73. The van der Waals surface area contributed by atoms with Crippen LogP contribution in [0, 0.1) is 5.92 Å². The third kappa shape index (κ3) is 1.97. The first kappa shape index (κ1) is 9.52. The van der Waals surface area contributed by atoms with Gasteiger partial charge in [0, 0.05) is 25.6 Å². The van der Waals surface area contributed by atoms with Gasteiger partial charge in [0.25, 0.3) is 0 Å². The van der Waals surface area contributed by atoms with E-state index < -0.39 is 0 Å². The Bertz CT molecular complexity index is 170. The van der Waals surface area contributed by atoms with Crippen molar-refractivity contribution in [1.82, 2.24) is 4.90 Å². The van der Waals surface area contributed by atoms with Crippen molar-refractivity contribution in [2.45, 2.75) is 32.7 Å². The highest BCUT2D eigenvalue weighted by atomic mass is 16.2. The fourth-order valence-corrected chi connectivity index (χ4v) is 1.60. The normalized spacial score (nSPS) is 27.4. The largest absolute Gasteiger partial charge is 0.338 e. The standard InChI is InChI=1S/C9H18N2O/c1-7-3-4-9(12)11(6-7)8(2)5-10/h7-8H,3-6,10H2,1-2H3. The van der Waals surface area contributed by atoms with Crippen LogP contribution in [0.4, 0.5) is 0 Å². The summed E-state index contributed by atoms with van der Waals surface area (Å²) in [4.78, 5) is 13.3. The van der Waals surface area contributed by atoms with Crippen LogP contribution in [0.5, 0.6) is 0 Å². The molecule has 3 nitrogen and oxygen atoms in total. The van der Waals surface area contributed by atoms with Crippen LogP contribution in [0.1, 0.15) is 26.7 Å². The van der Waals surface area contributed by atoms with E-state index in [4.69, 9.17) is 5.73 Å². The van der Waals surface area contributed by atoms with Crippen molar-refractivity contribution in [2.75, 3.05) is 13.1 Å². The maximum absolute atomic E-state index is 11.4. The van der Waals surface area contributed by atoms with Gasteiger partial charge in [0.1, 0.15) is 0 Å². The molecule has 1 saturated heterocycles. The lowest BCUT2D eigenvalue weighted by atomic mass is 9.98. The molecule has 2 N–H and O–H groups in total. The Morgan fingerprint density at radius 2 is 2.42 bits per heavy atom. The quantitative estimate of drug-likeness (QED) is 0.659. The van der Waals surface area contributed by atoms with Crippen molar-refractivity contribution in [3.8, 4) is 0 Å².